The predicted molar refractivity (Wildman–Crippen MR) is 94.8 cm³/mol. The van der Waals surface area contributed by atoms with Crippen LogP contribution in [0.1, 0.15) is 22.8 Å². The van der Waals surface area contributed by atoms with Gasteiger partial charge in [-0.05, 0) is 24.6 Å². The Hall–Kier alpha value is -3.46. The lowest BCUT2D eigenvalue weighted by molar-refractivity contribution is 0.0938. The molecule has 0 aliphatic heterocycles. The van der Waals surface area contributed by atoms with E-state index in [1.807, 2.05) is 30.3 Å². The van der Waals surface area contributed by atoms with E-state index in [-0.39, 0.29) is 5.91 Å². The number of allylic oxidation sites excluding steroid dienone is 2. The fourth-order valence-electron chi connectivity index (χ4n) is 2.19. The molecule has 0 radical (unpaired) electrons. The van der Waals surface area contributed by atoms with E-state index >= 15 is 0 Å². The third-order valence-corrected chi connectivity index (χ3v) is 3.53. The maximum absolute atomic E-state index is 12.3. The first-order valence-electron chi connectivity index (χ1n) is 7.55. The molecule has 25 heavy (non-hydrogen) atoms. The van der Waals surface area contributed by atoms with Crippen molar-refractivity contribution >= 4 is 11.5 Å². The lowest BCUT2D eigenvalue weighted by Gasteiger charge is -2.12. The zero-order valence-corrected chi connectivity index (χ0v) is 14.3. The van der Waals surface area contributed by atoms with E-state index in [1.165, 1.54) is 14.2 Å². The number of carbonyl (C=O) groups is 1. The van der Waals surface area contributed by atoms with Gasteiger partial charge < -0.3 is 14.9 Å². The maximum Gasteiger partial charge on any atom is 0.269 e. The van der Waals surface area contributed by atoms with Crippen molar-refractivity contribution in [2.75, 3.05) is 14.2 Å². The molecule has 0 unspecified atom stereocenters. The number of nitrogens with one attached hydrogen (secondary N) is 2. The largest absolute Gasteiger partial charge is 0.497 e. The molecule has 2 rings (SSSR count). The van der Waals surface area contributed by atoms with Crippen LogP contribution in [0.5, 0.6) is 11.5 Å². The summed E-state index contributed by atoms with van der Waals surface area (Å²) in [5.74, 6) is 0.652. The molecule has 1 amide bonds. The van der Waals surface area contributed by atoms with Gasteiger partial charge in [-0.15, -0.1) is 0 Å². The Bertz CT molecular complexity index is 801. The number of hydrogen-bond donors (Lipinski definition) is 2. The van der Waals surface area contributed by atoms with Gasteiger partial charge in [-0.25, -0.2) is 0 Å². The number of hydrogen-bond acceptors (Lipinski definition) is 5. The average molecular weight is 337 g/mol. The third-order valence-electron chi connectivity index (χ3n) is 3.53. The maximum atomic E-state index is 12.3. The molecular weight excluding hydrogens is 318 g/mol. The quantitative estimate of drug-likeness (QED) is 0.625. The van der Waals surface area contributed by atoms with Crippen molar-refractivity contribution in [2.45, 2.75) is 6.92 Å². The summed E-state index contributed by atoms with van der Waals surface area (Å²) in [5, 5.41) is 9.38. The number of benzene rings is 2. The summed E-state index contributed by atoms with van der Waals surface area (Å²) in [5.41, 5.74) is 7.49. The Morgan fingerprint density at radius 1 is 0.960 bits per heavy atom. The van der Waals surface area contributed by atoms with Crippen molar-refractivity contribution in [1.82, 2.24) is 10.9 Å². The second-order valence-corrected chi connectivity index (χ2v) is 5.16. The van der Waals surface area contributed by atoms with Gasteiger partial charge in [0.05, 0.1) is 19.8 Å². The monoisotopic (exact) mass is 337 g/mol. The van der Waals surface area contributed by atoms with E-state index in [1.54, 1.807) is 25.1 Å². The lowest BCUT2D eigenvalue weighted by atomic mass is 10.1. The predicted octanol–water partition coefficient (Wildman–Crippen LogP) is 2.89. The van der Waals surface area contributed by atoms with Gasteiger partial charge in [-0.1, -0.05) is 30.3 Å². The van der Waals surface area contributed by atoms with Crippen LogP contribution >= 0.6 is 0 Å². The van der Waals surface area contributed by atoms with Gasteiger partial charge in [0.1, 0.15) is 17.6 Å². The molecule has 6 heteroatoms. The average Bonchev–Trinajstić information content (AvgIpc) is 2.67. The van der Waals surface area contributed by atoms with Crippen LogP contribution in [-0.2, 0) is 0 Å². The normalized spacial score (nSPS) is 11.0. The molecule has 0 atom stereocenters. The third kappa shape index (κ3) is 4.52. The van der Waals surface area contributed by atoms with Gasteiger partial charge in [0.2, 0.25) is 0 Å². The van der Waals surface area contributed by atoms with Gasteiger partial charge >= 0.3 is 0 Å². The van der Waals surface area contributed by atoms with Crippen LogP contribution in [0.4, 0.5) is 0 Å². The molecule has 0 saturated heterocycles. The summed E-state index contributed by atoms with van der Waals surface area (Å²) >= 11 is 0. The molecule has 0 aliphatic carbocycles. The second-order valence-electron chi connectivity index (χ2n) is 5.16. The Balaban J connectivity index is 2.16. The van der Waals surface area contributed by atoms with E-state index in [2.05, 4.69) is 16.9 Å². The second kappa shape index (κ2) is 8.41. The topological polar surface area (TPSA) is 83.4 Å². The van der Waals surface area contributed by atoms with E-state index in [0.717, 1.165) is 5.56 Å². The van der Waals surface area contributed by atoms with E-state index < -0.39 is 0 Å². The molecule has 0 spiro atoms. The van der Waals surface area contributed by atoms with Crippen molar-refractivity contribution in [1.29, 1.82) is 5.26 Å². The minimum absolute atomic E-state index is 0.370. The van der Waals surface area contributed by atoms with Crippen LogP contribution in [0.25, 0.3) is 5.57 Å². The van der Waals surface area contributed by atoms with Crippen molar-refractivity contribution in [2.24, 2.45) is 0 Å². The van der Waals surface area contributed by atoms with Crippen LogP contribution in [0, 0.1) is 11.3 Å². The van der Waals surface area contributed by atoms with E-state index in [0.29, 0.717) is 28.3 Å². The number of nitrogens with zero attached hydrogens (tertiary/aromatic N) is 1. The summed E-state index contributed by atoms with van der Waals surface area (Å²) < 4.78 is 10.3. The number of carbonyl (C=O) groups excluding carboxylic acids is 1. The minimum Gasteiger partial charge on any atom is -0.497 e. The highest BCUT2D eigenvalue weighted by atomic mass is 16.5. The van der Waals surface area contributed by atoms with Crippen LogP contribution < -0.4 is 20.3 Å². The molecule has 2 N–H and O–H groups in total. The molecule has 6 nitrogen and oxygen atoms in total. The van der Waals surface area contributed by atoms with Gasteiger partial charge in [0.15, 0.2) is 0 Å². The zero-order valence-electron chi connectivity index (χ0n) is 14.3. The molecule has 0 aliphatic rings. The van der Waals surface area contributed by atoms with Crippen molar-refractivity contribution in [3.8, 4) is 17.6 Å². The van der Waals surface area contributed by atoms with Gasteiger partial charge in [0.25, 0.3) is 5.91 Å². The first-order chi connectivity index (χ1) is 12.1. The van der Waals surface area contributed by atoms with Crippen molar-refractivity contribution in [3.63, 3.8) is 0 Å². The van der Waals surface area contributed by atoms with E-state index in [9.17, 15) is 10.1 Å². The number of amides is 1. The number of ether oxygens (including phenoxy) is 2. The molecular formula is C19H19N3O3. The summed E-state index contributed by atoms with van der Waals surface area (Å²) in [6.07, 6.45) is 0. The van der Waals surface area contributed by atoms with Gasteiger partial charge in [-0.3, -0.25) is 10.2 Å². The van der Waals surface area contributed by atoms with Crippen LogP contribution in [0.3, 0.4) is 0 Å². The first-order valence-corrected chi connectivity index (χ1v) is 7.55. The number of rotatable bonds is 6. The molecule has 0 heterocycles. The fourth-order valence-corrected chi connectivity index (χ4v) is 2.19. The highest BCUT2D eigenvalue weighted by Crippen LogP contribution is 2.22. The van der Waals surface area contributed by atoms with Crippen molar-refractivity contribution < 1.29 is 14.3 Å². The Labute approximate surface area is 146 Å². The standard InChI is InChI=1S/C19H19N3O3/c1-13(18(12-20)14-7-5-4-6-8-14)21-22-19(23)15-9-16(24-2)11-17(10-15)25-3/h4-11,21H,1-3H3,(H,22,23). The molecule has 2 aromatic rings. The summed E-state index contributed by atoms with van der Waals surface area (Å²) in [6.45, 7) is 1.72. The molecule has 128 valence electrons. The Kier molecular flexibility index (Phi) is 6.02. The smallest absolute Gasteiger partial charge is 0.269 e. The van der Waals surface area contributed by atoms with Crippen LogP contribution in [0.2, 0.25) is 0 Å². The van der Waals surface area contributed by atoms with Crippen LogP contribution in [-0.4, -0.2) is 20.1 Å². The molecule has 0 fully saturated rings. The van der Waals surface area contributed by atoms with Crippen LogP contribution in [0.15, 0.2) is 54.2 Å². The zero-order chi connectivity index (χ0) is 18.2. The Morgan fingerprint density at radius 2 is 1.56 bits per heavy atom. The minimum atomic E-state index is -0.373. The lowest BCUT2D eigenvalue weighted by Crippen LogP contribution is -2.36. The summed E-state index contributed by atoms with van der Waals surface area (Å²) in [4.78, 5) is 12.3. The molecule has 0 bridgehead atoms. The summed E-state index contributed by atoms with van der Waals surface area (Å²) in [7, 11) is 3.03. The summed E-state index contributed by atoms with van der Waals surface area (Å²) in [6, 6.07) is 16.3. The molecule has 0 saturated carbocycles. The number of methoxy groups -OCH3 is 2. The highest BCUT2D eigenvalue weighted by molar-refractivity contribution is 5.95. The van der Waals surface area contributed by atoms with E-state index in [4.69, 9.17) is 9.47 Å². The molecule has 0 aromatic heterocycles. The molecule has 2 aromatic carbocycles. The highest BCUT2D eigenvalue weighted by Gasteiger charge is 2.11. The fraction of sp³-hybridized carbons (Fsp3) is 0.158. The van der Waals surface area contributed by atoms with Gasteiger partial charge in [0, 0.05) is 17.3 Å². The van der Waals surface area contributed by atoms with Gasteiger partial charge in [-0.2, -0.15) is 5.26 Å². The SMILES string of the molecule is COc1cc(OC)cc(C(=O)NNC(C)=C(C#N)c2ccccc2)c1. The number of hydrazine groups is 1. The first kappa shape index (κ1) is 17.9. The Morgan fingerprint density at radius 3 is 2.08 bits per heavy atom. The van der Waals surface area contributed by atoms with Crippen molar-refractivity contribution in [3.05, 3.63) is 65.4 Å². The number of nitriles is 1.